The number of aryl methyl sites for hydroxylation is 1. The van der Waals surface area contributed by atoms with Crippen LogP contribution in [0.15, 0.2) is 11.8 Å². The summed E-state index contributed by atoms with van der Waals surface area (Å²) < 4.78 is 6.80. The molecule has 3 rings (SSSR count). The molecule has 0 saturated heterocycles. The van der Waals surface area contributed by atoms with E-state index in [1.807, 2.05) is 13.8 Å². The van der Waals surface area contributed by atoms with E-state index in [0.29, 0.717) is 30.7 Å². The summed E-state index contributed by atoms with van der Waals surface area (Å²) >= 11 is 0. The Morgan fingerprint density at radius 2 is 2.08 bits per heavy atom. The van der Waals surface area contributed by atoms with E-state index < -0.39 is 10.8 Å². The first-order valence-electron chi connectivity index (χ1n) is 8.80. The molecular weight excluding hydrogens is 332 g/mol. The van der Waals surface area contributed by atoms with Gasteiger partial charge in [0, 0.05) is 29.0 Å². The first-order valence-corrected chi connectivity index (χ1v) is 8.80. The van der Waals surface area contributed by atoms with E-state index in [2.05, 4.69) is 12.0 Å². The van der Waals surface area contributed by atoms with Gasteiger partial charge >= 0.3 is 5.97 Å². The number of carbonyl (C=O) groups excluding carboxylic acids is 2. The Bertz CT molecular complexity index is 775. The molecule has 26 heavy (non-hydrogen) atoms. The molecule has 1 heterocycles. The van der Waals surface area contributed by atoms with Crippen molar-refractivity contribution in [3.8, 4) is 0 Å². The summed E-state index contributed by atoms with van der Waals surface area (Å²) in [5, 5.41) is 14.2. The minimum Gasteiger partial charge on any atom is -0.515 e. The van der Waals surface area contributed by atoms with Crippen molar-refractivity contribution in [3.63, 3.8) is 0 Å². The zero-order chi connectivity index (χ0) is 18.6. The molecule has 2 unspecified atom stereocenters. The van der Waals surface area contributed by atoms with Gasteiger partial charge in [-0.2, -0.15) is 5.10 Å². The lowest BCUT2D eigenvalue weighted by molar-refractivity contribution is -0.131. The lowest BCUT2D eigenvalue weighted by Crippen LogP contribution is -2.53. The van der Waals surface area contributed by atoms with E-state index in [0.717, 1.165) is 23.9 Å². The highest BCUT2D eigenvalue weighted by Crippen LogP contribution is 2.57. The van der Waals surface area contributed by atoms with E-state index in [-0.39, 0.29) is 25.1 Å². The van der Waals surface area contributed by atoms with Crippen molar-refractivity contribution in [2.45, 2.75) is 59.8 Å². The summed E-state index contributed by atoms with van der Waals surface area (Å²) in [4.78, 5) is 25.1. The predicted octanol–water partition coefficient (Wildman–Crippen LogP) is 3.49. The first kappa shape index (κ1) is 20.2. The van der Waals surface area contributed by atoms with E-state index in [9.17, 15) is 14.7 Å². The largest absolute Gasteiger partial charge is 0.515 e. The molecule has 2 atom stereocenters. The first-order chi connectivity index (χ1) is 11.7. The van der Waals surface area contributed by atoms with Gasteiger partial charge in [-0.15, -0.1) is 0 Å². The Kier molecular flexibility index (Phi) is 5.10. The summed E-state index contributed by atoms with van der Waals surface area (Å²) in [6, 6.07) is 0. The second kappa shape index (κ2) is 6.56. The number of aliphatic hydroxyl groups excluding tert-OH is 1. The van der Waals surface area contributed by atoms with E-state index >= 15 is 0 Å². The van der Waals surface area contributed by atoms with Crippen LogP contribution in [0.1, 0.15) is 69.7 Å². The Hall–Kier alpha value is -2.11. The number of allylic oxidation sites excluding steroid dienone is 1. The van der Waals surface area contributed by atoms with Crippen LogP contribution in [-0.4, -0.2) is 33.2 Å². The van der Waals surface area contributed by atoms with E-state index in [1.165, 1.54) is 0 Å². The molecule has 0 radical (unpaired) electrons. The van der Waals surface area contributed by atoms with Gasteiger partial charge in [-0.3, -0.25) is 9.48 Å². The van der Waals surface area contributed by atoms with Gasteiger partial charge in [0.15, 0.2) is 5.78 Å². The average Bonchev–Trinajstić information content (AvgIpc) is 2.89. The second-order valence-electron chi connectivity index (χ2n) is 7.91. The molecule has 1 aromatic rings. The van der Waals surface area contributed by atoms with Crippen molar-refractivity contribution < 1.29 is 19.4 Å². The summed E-state index contributed by atoms with van der Waals surface area (Å²) in [7, 11) is 1.75. The predicted molar refractivity (Wildman–Crippen MR) is 99.2 cm³/mol. The maximum absolute atomic E-state index is 12.7. The van der Waals surface area contributed by atoms with Crippen molar-refractivity contribution in [1.82, 2.24) is 9.78 Å². The van der Waals surface area contributed by atoms with Crippen molar-refractivity contribution in [2.24, 2.45) is 18.4 Å². The molecule has 1 aromatic heterocycles. The molecule has 1 N–H and O–H groups in total. The van der Waals surface area contributed by atoms with Gasteiger partial charge in [0.05, 0.1) is 18.6 Å². The number of ketones is 1. The van der Waals surface area contributed by atoms with Crippen LogP contribution in [0.5, 0.6) is 0 Å². The monoisotopic (exact) mass is 362 g/mol. The van der Waals surface area contributed by atoms with Crippen LogP contribution in [0, 0.1) is 11.3 Å². The van der Waals surface area contributed by atoms with Crippen LogP contribution in [0.3, 0.4) is 0 Å². The van der Waals surface area contributed by atoms with Crippen molar-refractivity contribution in [3.05, 3.63) is 28.8 Å². The Labute approximate surface area is 155 Å². The molecular formula is C20H30N2O4. The zero-order valence-corrected chi connectivity index (χ0v) is 15.5. The topological polar surface area (TPSA) is 81.4 Å². The number of hydrogen-bond donors (Lipinski definition) is 1. The van der Waals surface area contributed by atoms with Gasteiger partial charge < -0.3 is 9.84 Å². The molecule has 6 heteroatoms. The summed E-state index contributed by atoms with van der Waals surface area (Å²) in [6.45, 7) is 8.08. The highest BCUT2D eigenvalue weighted by molar-refractivity contribution is 6.01. The van der Waals surface area contributed by atoms with Gasteiger partial charge in [-0.1, -0.05) is 28.2 Å². The maximum atomic E-state index is 12.7. The summed E-state index contributed by atoms with van der Waals surface area (Å²) in [5.74, 6) is -0.249. The Balaban J connectivity index is 0.00000243. The standard InChI is InChI=1S/C19H26N2O4.CH4/c1-6-25-17(24)14-12-7-8-13-18(2,3)16(23)11(10-22)9-19(13,4)15(12)20-21(14)5;/h10,13,22H,6-9H2,1-5H3;1H4/b11-10-;. The van der Waals surface area contributed by atoms with Crippen LogP contribution in [0.25, 0.3) is 0 Å². The van der Waals surface area contributed by atoms with E-state index in [1.54, 1.807) is 18.7 Å². The third-order valence-electron chi connectivity index (χ3n) is 6.07. The number of fused-ring (bicyclic) bond motifs is 3. The molecule has 0 aromatic carbocycles. The highest BCUT2D eigenvalue weighted by atomic mass is 16.5. The molecule has 2 aliphatic rings. The second-order valence-corrected chi connectivity index (χ2v) is 7.91. The quantitative estimate of drug-likeness (QED) is 0.495. The molecule has 0 spiro atoms. The fourth-order valence-corrected chi connectivity index (χ4v) is 5.01. The minimum absolute atomic E-state index is 0. The number of esters is 1. The van der Waals surface area contributed by atoms with Crippen molar-refractivity contribution in [1.29, 1.82) is 0 Å². The van der Waals surface area contributed by atoms with Crippen LogP contribution >= 0.6 is 0 Å². The van der Waals surface area contributed by atoms with Crippen LogP contribution < -0.4 is 0 Å². The summed E-state index contributed by atoms with van der Waals surface area (Å²) in [6.07, 6.45) is 2.88. The molecule has 6 nitrogen and oxygen atoms in total. The highest BCUT2D eigenvalue weighted by Gasteiger charge is 2.57. The number of carbonyl (C=O) groups is 2. The van der Waals surface area contributed by atoms with Gasteiger partial charge in [-0.25, -0.2) is 4.79 Å². The number of ether oxygens (including phenoxy) is 1. The molecule has 144 valence electrons. The lowest BCUT2D eigenvalue weighted by Gasteiger charge is -2.52. The molecule has 0 aliphatic heterocycles. The third-order valence-corrected chi connectivity index (χ3v) is 6.07. The maximum Gasteiger partial charge on any atom is 0.356 e. The minimum atomic E-state index is -0.582. The molecule has 1 saturated carbocycles. The number of hydrogen-bond acceptors (Lipinski definition) is 5. The number of rotatable bonds is 2. The molecule has 1 fully saturated rings. The average molecular weight is 362 g/mol. The van der Waals surface area contributed by atoms with Gasteiger partial charge in [0.25, 0.3) is 0 Å². The normalized spacial score (nSPS) is 28.1. The van der Waals surface area contributed by atoms with Gasteiger partial charge in [0.1, 0.15) is 5.69 Å². The number of aromatic nitrogens is 2. The van der Waals surface area contributed by atoms with Crippen LogP contribution in [0.4, 0.5) is 0 Å². The van der Waals surface area contributed by atoms with Gasteiger partial charge in [0.2, 0.25) is 0 Å². The molecule has 0 bridgehead atoms. The van der Waals surface area contributed by atoms with E-state index in [4.69, 9.17) is 4.74 Å². The third kappa shape index (κ3) is 2.58. The Morgan fingerprint density at radius 3 is 2.65 bits per heavy atom. The SMILES string of the molecule is C.CCOC(=O)c1c2c(nn1C)C1(C)C/C(=C/O)C(=O)C(C)(C)C1CC2. The molecule has 0 amide bonds. The summed E-state index contributed by atoms with van der Waals surface area (Å²) in [5.41, 5.74) is 1.72. The van der Waals surface area contributed by atoms with Crippen molar-refractivity contribution in [2.75, 3.05) is 6.61 Å². The smallest absolute Gasteiger partial charge is 0.356 e. The molecule has 2 aliphatic carbocycles. The fourth-order valence-electron chi connectivity index (χ4n) is 5.01. The zero-order valence-electron chi connectivity index (χ0n) is 15.5. The van der Waals surface area contributed by atoms with Crippen LogP contribution in [-0.2, 0) is 28.4 Å². The van der Waals surface area contributed by atoms with Crippen LogP contribution in [0.2, 0.25) is 0 Å². The fraction of sp³-hybridized carbons (Fsp3) is 0.650. The number of nitrogens with zero attached hydrogens (tertiary/aromatic N) is 2. The number of aliphatic hydroxyl groups is 1. The van der Waals surface area contributed by atoms with Crippen molar-refractivity contribution >= 4 is 11.8 Å². The number of Topliss-reactive ketones (excluding diaryl/α,β-unsaturated/α-hetero) is 1. The lowest BCUT2D eigenvalue weighted by atomic mass is 9.50. The Morgan fingerprint density at radius 1 is 1.42 bits per heavy atom. The van der Waals surface area contributed by atoms with Gasteiger partial charge in [-0.05, 0) is 32.1 Å².